The van der Waals surface area contributed by atoms with Crippen LogP contribution >= 0.6 is 11.8 Å². The second-order valence-electron chi connectivity index (χ2n) is 6.73. The summed E-state index contributed by atoms with van der Waals surface area (Å²) < 4.78 is 0. The summed E-state index contributed by atoms with van der Waals surface area (Å²) in [6.45, 7) is 8.34. The third-order valence-electron chi connectivity index (χ3n) is 4.84. The minimum absolute atomic E-state index is 0.211. The Balaban J connectivity index is 1.86. The van der Waals surface area contributed by atoms with E-state index in [-0.39, 0.29) is 23.7 Å². The lowest BCUT2D eigenvalue weighted by Gasteiger charge is -2.22. The molecule has 1 aliphatic carbocycles. The molecule has 2 N–H and O–H groups in total. The summed E-state index contributed by atoms with van der Waals surface area (Å²) in [6, 6.07) is 2.02. The van der Waals surface area contributed by atoms with Crippen molar-refractivity contribution >= 4 is 23.7 Å². The molecule has 0 aromatic heterocycles. The SMILES string of the molecule is Cc1cc(C)c(C)c(SCC(=O)NC(=O)NC2CCCCC2)c1C. The topological polar surface area (TPSA) is 58.2 Å². The lowest BCUT2D eigenvalue weighted by Crippen LogP contribution is -2.45. The van der Waals surface area contributed by atoms with Crippen LogP contribution in [0.1, 0.15) is 54.4 Å². The van der Waals surface area contributed by atoms with E-state index < -0.39 is 0 Å². The molecule has 1 aromatic rings. The summed E-state index contributed by atoms with van der Waals surface area (Å²) in [5.41, 5.74) is 4.89. The van der Waals surface area contributed by atoms with Gasteiger partial charge in [-0.3, -0.25) is 10.1 Å². The lowest BCUT2D eigenvalue weighted by atomic mass is 9.96. The van der Waals surface area contributed by atoms with Crippen molar-refractivity contribution in [1.82, 2.24) is 10.6 Å². The van der Waals surface area contributed by atoms with Gasteiger partial charge in [0.25, 0.3) is 0 Å². The third kappa shape index (κ3) is 5.00. The van der Waals surface area contributed by atoms with Crippen LogP contribution in [0.3, 0.4) is 0 Å². The van der Waals surface area contributed by atoms with Gasteiger partial charge < -0.3 is 5.32 Å². The molecule has 1 saturated carbocycles. The van der Waals surface area contributed by atoms with E-state index in [9.17, 15) is 9.59 Å². The maximum atomic E-state index is 12.1. The number of benzene rings is 1. The van der Waals surface area contributed by atoms with E-state index in [0.29, 0.717) is 0 Å². The molecule has 3 amide bonds. The highest BCUT2D eigenvalue weighted by atomic mass is 32.2. The average Bonchev–Trinajstić information content (AvgIpc) is 2.53. The first-order valence-electron chi connectivity index (χ1n) is 8.69. The second-order valence-corrected chi connectivity index (χ2v) is 7.72. The summed E-state index contributed by atoms with van der Waals surface area (Å²) in [4.78, 5) is 25.1. The first-order chi connectivity index (χ1) is 11.4. The average molecular weight is 349 g/mol. The molecule has 5 heteroatoms. The molecule has 4 nitrogen and oxygen atoms in total. The standard InChI is InChI=1S/C19H28N2O2S/c1-12-10-13(2)15(4)18(14(12)3)24-11-17(22)21-19(23)20-16-8-6-5-7-9-16/h10,16H,5-9,11H2,1-4H3,(H2,20,21,22,23). The van der Waals surface area contributed by atoms with Gasteiger partial charge in [-0.1, -0.05) is 25.3 Å². The van der Waals surface area contributed by atoms with Crippen LogP contribution in [0.25, 0.3) is 0 Å². The molecule has 0 heterocycles. The van der Waals surface area contributed by atoms with Crippen molar-refractivity contribution in [3.8, 4) is 0 Å². The number of imide groups is 1. The molecule has 24 heavy (non-hydrogen) atoms. The van der Waals surface area contributed by atoms with Crippen molar-refractivity contribution in [3.63, 3.8) is 0 Å². The fourth-order valence-corrected chi connectivity index (χ4v) is 4.27. The van der Waals surface area contributed by atoms with Crippen LogP contribution in [0.15, 0.2) is 11.0 Å². The molecule has 0 unspecified atom stereocenters. The van der Waals surface area contributed by atoms with Crippen LogP contribution in [0, 0.1) is 27.7 Å². The van der Waals surface area contributed by atoms with Gasteiger partial charge in [-0.15, -0.1) is 11.8 Å². The predicted molar refractivity (Wildman–Crippen MR) is 99.7 cm³/mol. The fraction of sp³-hybridized carbons (Fsp3) is 0.579. The molecule has 0 bridgehead atoms. The van der Waals surface area contributed by atoms with Crippen molar-refractivity contribution in [2.45, 2.75) is 70.7 Å². The Morgan fingerprint density at radius 2 is 1.62 bits per heavy atom. The minimum Gasteiger partial charge on any atom is -0.335 e. The van der Waals surface area contributed by atoms with Gasteiger partial charge in [-0.25, -0.2) is 4.79 Å². The Morgan fingerprint density at radius 3 is 2.21 bits per heavy atom. The number of rotatable bonds is 4. The number of aryl methyl sites for hydroxylation is 2. The van der Waals surface area contributed by atoms with Crippen molar-refractivity contribution in [3.05, 3.63) is 28.3 Å². The monoisotopic (exact) mass is 348 g/mol. The lowest BCUT2D eigenvalue weighted by molar-refractivity contribution is -0.117. The van der Waals surface area contributed by atoms with E-state index in [1.54, 1.807) is 0 Å². The summed E-state index contributed by atoms with van der Waals surface area (Å²) in [5.74, 6) is 0.00844. The Hall–Kier alpha value is -1.49. The van der Waals surface area contributed by atoms with Gasteiger partial charge in [0.1, 0.15) is 0 Å². The van der Waals surface area contributed by atoms with Gasteiger partial charge in [0, 0.05) is 10.9 Å². The zero-order valence-electron chi connectivity index (χ0n) is 15.1. The fourth-order valence-electron chi connectivity index (χ4n) is 3.17. The van der Waals surface area contributed by atoms with Crippen molar-refractivity contribution < 1.29 is 9.59 Å². The smallest absolute Gasteiger partial charge is 0.321 e. The number of amides is 3. The van der Waals surface area contributed by atoms with Crippen LogP contribution in [0.5, 0.6) is 0 Å². The van der Waals surface area contributed by atoms with E-state index in [4.69, 9.17) is 0 Å². The third-order valence-corrected chi connectivity index (χ3v) is 6.15. The van der Waals surface area contributed by atoms with E-state index in [1.165, 1.54) is 40.4 Å². The first kappa shape index (κ1) is 18.8. The van der Waals surface area contributed by atoms with Gasteiger partial charge in [-0.2, -0.15) is 0 Å². The normalized spacial score (nSPS) is 15.2. The molecule has 1 aromatic carbocycles. The van der Waals surface area contributed by atoms with Crippen molar-refractivity contribution in [2.75, 3.05) is 5.75 Å². The van der Waals surface area contributed by atoms with E-state index in [1.807, 2.05) is 0 Å². The summed E-state index contributed by atoms with van der Waals surface area (Å²) in [5, 5.41) is 5.36. The number of nitrogens with one attached hydrogen (secondary N) is 2. The van der Waals surface area contributed by atoms with Crippen molar-refractivity contribution in [1.29, 1.82) is 0 Å². The van der Waals surface area contributed by atoms with Crippen molar-refractivity contribution in [2.24, 2.45) is 0 Å². The zero-order valence-corrected chi connectivity index (χ0v) is 15.9. The molecule has 0 atom stereocenters. The minimum atomic E-state index is -0.360. The summed E-state index contributed by atoms with van der Waals surface area (Å²) in [7, 11) is 0. The van der Waals surface area contributed by atoms with Gasteiger partial charge in [0.2, 0.25) is 5.91 Å². The molecule has 1 fully saturated rings. The molecular formula is C19H28N2O2S. The quantitative estimate of drug-likeness (QED) is 0.803. The molecule has 132 valence electrons. The van der Waals surface area contributed by atoms with Gasteiger partial charge >= 0.3 is 6.03 Å². The Morgan fingerprint density at radius 1 is 1.04 bits per heavy atom. The highest BCUT2D eigenvalue weighted by Crippen LogP contribution is 2.30. The van der Waals surface area contributed by atoms with Crippen LogP contribution in [-0.4, -0.2) is 23.7 Å². The second kappa shape index (κ2) is 8.56. The number of thioether (sulfide) groups is 1. The maximum absolute atomic E-state index is 12.1. The summed E-state index contributed by atoms with van der Waals surface area (Å²) >= 11 is 1.51. The van der Waals surface area contributed by atoms with Crippen LogP contribution in [0.2, 0.25) is 0 Å². The number of carbonyl (C=O) groups is 2. The zero-order chi connectivity index (χ0) is 17.7. The van der Waals surface area contributed by atoms with E-state index in [0.717, 1.165) is 30.6 Å². The molecule has 0 radical (unpaired) electrons. The number of hydrogen-bond acceptors (Lipinski definition) is 3. The number of hydrogen-bond donors (Lipinski definition) is 2. The van der Waals surface area contributed by atoms with E-state index >= 15 is 0 Å². The highest BCUT2D eigenvalue weighted by Gasteiger charge is 2.17. The largest absolute Gasteiger partial charge is 0.335 e. The first-order valence-corrected chi connectivity index (χ1v) is 9.67. The Bertz CT molecular complexity index is 596. The Labute approximate surface area is 149 Å². The van der Waals surface area contributed by atoms with Crippen LogP contribution < -0.4 is 10.6 Å². The predicted octanol–water partition coefficient (Wildman–Crippen LogP) is 4.17. The van der Waals surface area contributed by atoms with Gasteiger partial charge in [0.15, 0.2) is 0 Å². The van der Waals surface area contributed by atoms with E-state index in [2.05, 4.69) is 44.4 Å². The molecule has 0 aliphatic heterocycles. The molecule has 0 spiro atoms. The van der Waals surface area contributed by atoms with Crippen LogP contribution in [0.4, 0.5) is 4.79 Å². The highest BCUT2D eigenvalue weighted by molar-refractivity contribution is 8.00. The van der Waals surface area contributed by atoms with Crippen LogP contribution in [-0.2, 0) is 4.79 Å². The summed E-state index contributed by atoms with van der Waals surface area (Å²) in [6.07, 6.45) is 5.57. The molecule has 1 aliphatic rings. The Kier molecular flexibility index (Phi) is 6.72. The molecular weight excluding hydrogens is 320 g/mol. The number of urea groups is 1. The number of carbonyl (C=O) groups excluding carboxylic acids is 2. The van der Waals surface area contributed by atoms with Gasteiger partial charge in [0.05, 0.1) is 5.75 Å². The molecule has 2 rings (SSSR count). The van der Waals surface area contributed by atoms with Gasteiger partial charge in [-0.05, 0) is 62.8 Å². The molecule has 0 saturated heterocycles. The maximum Gasteiger partial charge on any atom is 0.321 e.